The minimum absolute atomic E-state index is 0.0325. The lowest BCUT2D eigenvalue weighted by Gasteiger charge is -2.39. The van der Waals surface area contributed by atoms with Crippen LogP contribution < -0.4 is 15.0 Å². The number of urea groups is 1. The first-order valence-electron chi connectivity index (χ1n) is 10.9. The number of ether oxygens (including phenoxy) is 1. The first-order chi connectivity index (χ1) is 15.0. The topological polar surface area (TPSA) is 61.9 Å². The molecule has 4 rings (SSSR count). The van der Waals surface area contributed by atoms with Gasteiger partial charge in [0.25, 0.3) is 0 Å². The highest BCUT2D eigenvalue weighted by Crippen LogP contribution is 2.36. The molecule has 0 unspecified atom stereocenters. The van der Waals surface area contributed by atoms with Gasteiger partial charge in [0.2, 0.25) is 5.91 Å². The van der Waals surface area contributed by atoms with E-state index < -0.39 is 0 Å². The van der Waals surface area contributed by atoms with Crippen LogP contribution in [0.4, 0.5) is 16.2 Å². The number of likely N-dealkylation sites (tertiary alicyclic amines) is 1. The van der Waals surface area contributed by atoms with Crippen molar-refractivity contribution in [3.8, 4) is 5.75 Å². The van der Waals surface area contributed by atoms with E-state index in [0.717, 1.165) is 17.7 Å². The molecule has 0 aromatic heterocycles. The summed E-state index contributed by atoms with van der Waals surface area (Å²) in [7, 11) is 0. The summed E-state index contributed by atoms with van der Waals surface area (Å²) in [6, 6.07) is 13.2. The number of aryl methyl sites for hydroxylation is 1. The van der Waals surface area contributed by atoms with Crippen LogP contribution in [0.1, 0.15) is 32.3 Å². The molecule has 2 aliphatic heterocycles. The van der Waals surface area contributed by atoms with E-state index in [0.29, 0.717) is 48.9 Å². The van der Waals surface area contributed by atoms with Gasteiger partial charge in [-0.15, -0.1) is 0 Å². The third-order valence-electron chi connectivity index (χ3n) is 6.00. The molecular formula is C24H28ClN3O3. The molecule has 7 heteroatoms. The monoisotopic (exact) mass is 441 g/mol. The normalized spacial score (nSPS) is 18.9. The Labute approximate surface area is 188 Å². The van der Waals surface area contributed by atoms with Crippen molar-refractivity contribution >= 4 is 34.9 Å². The van der Waals surface area contributed by atoms with Crippen LogP contribution in [-0.4, -0.2) is 42.6 Å². The summed E-state index contributed by atoms with van der Waals surface area (Å²) in [5, 5.41) is 3.65. The number of piperidine rings is 1. The molecule has 1 saturated heterocycles. The fourth-order valence-electron chi connectivity index (χ4n) is 4.28. The quantitative estimate of drug-likeness (QED) is 0.732. The highest BCUT2D eigenvalue weighted by atomic mass is 35.5. The van der Waals surface area contributed by atoms with Crippen LogP contribution in [0.15, 0.2) is 42.5 Å². The van der Waals surface area contributed by atoms with Crippen LogP contribution in [0, 0.1) is 5.92 Å². The summed E-state index contributed by atoms with van der Waals surface area (Å²) in [5.41, 5.74) is 2.71. The smallest absolute Gasteiger partial charge is 0.324 e. The van der Waals surface area contributed by atoms with Gasteiger partial charge in [0.15, 0.2) is 0 Å². The van der Waals surface area contributed by atoms with Crippen molar-refractivity contribution in [2.75, 3.05) is 29.9 Å². The average molecular weight is 442 g/mol. The highest BCUT2D eigenvalue weighted by Gasteiger charge is 2.34. The number of benzene rings is 2. The van der Waals surface area contributed by atoms with Crippen LogP contribution in [0.3, 0.4) is 0 Å². The van der Waals surface area contributed by atoms with Gasteiger partial charge in [0.1, 0.15) is 11.9 Å². The van der Waals surface area contributed by atoms with E-state index in [1.165, 1.54) is 0 Å². The molecule has 1 fully saturated rings. The van der Waals surface area contributed by atoms with Crippen LogP contribution in [-0.2, 0) is 11.2 Å². The molecule has 2 heterocycles. The highest BCUT2D eigenvalue weighted by molar-refractivity contribution is 6.31. The molecule has 0 saturated carbocycles. The molecule has 1 N–H and O–H groups in total. The number of amides is 3. The number of para-hydroxylation sites is 1. The summed E-state index contributed by atoms with van der Waals surface area (Å²) in [6.07, 6.45) is 2.06. The number of nitrogens with zero attached hydrogens (tertiary/aromatic N) is 2. The second kappa shape index (κ2) is 9.18. The van der Waals surface area contributed by atoms with Crippen molar-refractivity contribution in [2.45, 2.75) is 39.2 Å². The average Bonchev–Trinajstić information content (AvgIpc) is 2.79. The Morgan fingerprint density at radius 2 is 1.90 bits per heavy atom. The Bertz CT molecular complexity index is 972. The van der Waals surface area contributed by atoms with Crippen molar-refractivity contribution in [3.05, 3.63) is 53.1 Å². The Balaban J connectivity index is 1.39. The fourth-order valence-corrected chi connectivity index (χ4v) is 4.45. The molecule has 0 aliphatic carbocycles. The van der Waals surface area contributed by atoms with Crippen molar-refractivity contribution in [1.82, 2.24) is 4.90 Å². The Morgan fingerprint density at radius 1 is 1.16 bits per heavy atom. The zero-order valence-electron chi connectivity index (χ0n) is 17.9. The third kappa shape index (κ3) is 4.64. The zero-order valence-corrected chi connectivity index (χ0v) is 18.7. The summed E-state index contributed by atoms with van der Waals surface area (Å²) in [4.78, 5) is 29.6. The molecule has 3 amide bonds. The van der Waals surface area contributed by atoms with E-state index in [1.54, 1.807) is 23.1 Å². The lowest BCUT2D eigenvalue weighted by molar-refractivity contribution is -0.121. The second-order valence-electron chi connectivity index (χ2n) is 8.19. The fraction of sp³-hybridized carbons (Fsp3) is 0.417. The summed E-state index contributed by atoms with van der Waals surface area (Å²) < 4.78 is 5.85. The predicted octanol–water partition coefficient (Wildman–Crippen LogP) is 4.96. The van der Waals surface area contributed by atoms with Gasteiger partial charge in [0.05, 0.1) is 12.2 Å². The van der Waals surface area contributed by atoms with Gasteiger partial charge >= 0.3 is 6.03 Å². The molecule has 2 aliphatic rings. The van der Waals surface area contributed by atoms with Crippen LogP contribution >= 0.6 is 11.6 Å². The molecule has 2 aromatic carbocycles. The first kappa shape index (κ1) is 21.5. The Morgan fingerprint density at radius 3 is 2.65 bits per heavy atom. The summed E-state index contributed by atoms with van der Waals surface area (Å²) >= 11 is 6.16. The van der Waals surface area contributed by atoms with E-state index in [2.05, 4.69) is 12.2 Å². The van der Waals surface area contributed by atoms with Crippen molar-refractivity contribution in [3.63, 3.8) is 0 Å². The first-order valence-corrected chi connectivity index (χ1v) is 11.3. The van der Waals surface area contributed by atoms with Gasteiger partial charge in [0, 0.05) is 29.7 Å². The maximum atomic E-state index is 13.3. The minimum Gasteiger partial charge on any atom is -0.487 e. The number of carbonyl (C=O) groups is 2. The van der Waals surface area contributed by atoms with E-state index >= 15 is 0 Å². The summed E-state index contributed by atoms with van der Waals surface area (Å²) in [5.74, 6) is 0.602. The molecule has 0 radical (unpaired) electrons. The summed E-state index contributed by atoms with van der Waals surface area (Å²) in [6.45, 7) is 5.60. The number of hydrogen-bond acceptors (Lipinski definition) is 3. The SMILES string of the molecule is CCc1ccccc1NC(=O)C1CCN(C(=O)N2C[C@@H](C)Oc3ccc(Cl)cc32)CC1. The number of hydrogen-bond donors (Lipinski definition) is 1. The number of fused-ring (bicyclic) bond motifs is 1. The number of rotatable bonds is 3. The van der Waals surface area contributed by atoms with Crippen molar-refractivity contribution in [1.29, 1.82) is 0 Å². The minimum atomic E-state index is -0.0979. The molecule has 6 nitrogen and oxygen atoms in total. The predicted molar refractivity (Wildman–Crippen MR) is 123 cm³/mol. The van der Waals surface area contributed by atoms with Gasteiger partial charge < -0.3 is 15.0 Å². The van der Waals surface area contributed by atoms with E-state index in [-0.39, 0.29) is 24.0 Å². The standard InChI is InChI=1S/C24H28ClN3O3/c1-3-17-6-4-5-7-20(17)26-23(29)18-10-12-27(13-11-18)24(30)28-15-16(2)31-22-9-8-19(25)14-21(22)28/h4-9,14,16,18H,3,10-13,15H2,1-2H3,(H,26,29)/t16-/m1/s1. The molecule has 0 spiro atoms. The second-order valence-corrected chi connectivity index (χ2v) is 8.63. The van der Waals surface area contributed by atoms with E-state index in [4.69, 9.17) is 16.3 Å². The van der Waals surface area contributed by atoms with Gasteiger partial charge in [-0.2, -0.15) is 0 Å². The number of nitrogens with one attached hydrogen (secondary N) is 1. The maximum absolute atomic E-state index is 13.3. The van der Waals surface area contributed by atoms with Gasteiger partial charge in [-0.1, -0.05) is 36.7 Å². The molecule has 1 atom stereocenters. The van der Waals surface area contributed by atoms with Gasteiger partial charge in [-0.25, -0.2) is 4.79 Å². The van der Waals surface area contributed by atoms with Crippen molar-refractivity contribution in [2.24, 2.45) is 5.92 Å². The molecular weight excluding hydrogens is 414 g/mol. The Hall–Kier alpha value is -2.73. The number of anilines is 2. The zero-order chi connectivity index (χ0) is 22.0. The third-order valence-corrected chi connectivity index (χ3v) is 6.24. The number of halogens is 1. The largest absolute Gasteiger partial charge is 0.487 e. The molecule has 164 valence electrons. The van der Waals surface area contributed by atoms with E-state index in [1.807, 2.05) is 36.1 Å². The van der Waals surface area contributed by atoms with Crippen LogP contribution in [0.2, 0.25) is 5.02 Å². The van der Waals surface area contributed by atoms with Gasteiger partial charge in [-0.05, 0) is 56.0 Å². The lowest BCUT2D eigenvalue weighted by Crippen LogP contribution is -2.51. The molecule has 2 aromatic rings. The van der Waals surface area contributed by atoms with E-state index in [9.17, 15) is 9.59 Å². The van der Waals surface area contributed by atoms with Crippen molar-refractivity contribution < 1.29 is 14.3 Å². The van der Waals surface area contributed by atoms with Crippen LogP contribution in [0.5, 0.6) is 5.75 Å². The number of carbonyl (C=O) groups excluding carboxylic acids is 2. The van der Waals surface area contributed by atoms with Gasteiger partial charge in [-0.3, -0.25) is 9.69 Å². The lowest BCUT2D eigenvalue weighted by atomic mass is 9.95. The Kier molecular flexibility index (Phi) is 6.37. The maximum Gasteiger partial charge on any atom is 0.324 e. The molecule has 0 bridgehead atoms. The van der Waals surface area contributed by atoms with Crippen LogP contribution in [0.25, 0.3) is 0 Å². The molecule has 31 heavy (non-hydrogen) atoms.